The van der Waals surface area contributed by atoms with Crippen molar-refractivity contribution in [3.05, 3.63) is 91.0 Å². The molecule has 3 rings (SSSR count). The molecule has 0 amide bonds. The van der Waals surface area contributed by atoms with Gasteiger partial charge in [-0.15, -0.1) is 0 Å². The van der Waals surface area contributed by atoms with Crippen molar-refractivity contribution in [3.63, 3.8) is 0 Å². The minimum atomic E-state index is -1.45. The molecule has 1 atom stereocenters. The Morgan fingerprint density at radius 2 is 1.05 bits per heavy atom. The number of rotatable bonds is 5. The Kier molecular flexibility index (Phi) is 4.99. The maximum absolute atomic E-state index is 12.8. The van der Waals surface area contributed by atoms with E-state index in [-0.39, 0.29) is 0 Å². The summed E-state index contributed by atoms with van der Waals surface area (Å²) in [6.45, 7) is 0. The lowest BCUT2D eigenvalue weighted by molar-refractivity contribution is 0.576. The lowest BCUT2D eigenvalue weighted by Gasteiger charge is -2.17. The summed E-state index contributed by atoms with van der Waals surface area (Å²) in [6.07, 6.45) is 0. The van der Waals surface area contributed by atoms with E-state index < -0.39 is 17.8 Å². The maximum Gasteiger partial charge on any atom is 0.236 e. The van der Waals surface area contributed by atoms with Crippen molar-refractivity contribution in [2.75, 3.05) is 0 Å². The van der Waals surface area contributed by atoms with Crippen LogP contribution in [-0.2, 0) is 10.7 Å². The third kappa shape index (κ3) is 3.62. The summed E-state index contributed by atoms with van der Waals surface area (Å²) in [4.78, 5) is 0. The highest BCUT2D eigenvalue weighted by molar-refractivity contribution is 8.49. The molecule has 0 N–H and O–H groups in total. The van der Waals surface area contributed by atoms with E-state index in [9.17, 15) is 4.21 Å². The van der Waals surface area contributed by atoms with Gasteiger partial charge in [0.2, 0.25) is 10.7 Å². The van der Waals surface area contributed by atoms with E-state index in [0.29, 0.717) is 5.75 Å². The first-order valence-electron chi connectivity index (χ1n) is 6.90. The van der Waals surface area contributed by atoms with Crippen LogP contribution in [0.15, 0.2) is 91.0 Å². The summed E-state index contributed by atoms with van der Waals surface area (Å²) in [5, 5.41) is 2.08. The molecule has 3 aromatic rings. The Hall–Kier alpha value is -1.96. The van der Waals surface area contributed by atoms with E-state index in [1.54, 1.807) is 0 Å². The van der Waals surface area contributed by atoms with Crippen LogP contribution >= 0.6 is 7.12 Å². The van der Waals surface area contributed by atoms with E-state index in [1.165, 1.54) is 0 Å². The van der Waals surface area contributed by atoms with Crippen LogP contribution in [0.2, 0.25) is 0 Å². The molecular formula is C18H15O2PS. The Morgan fingerprint density at radius 1 is 0.636 bits per heavy atom. The van der Waals surface area contributed by atoms with Crippen LogP contribution in [0.5, 0.6) is 5.75 Å². The molecule has 0 aliphatic carbocycles. The van der Waals surface area contributed by atoms with Gasteiger partial charge < -0.3 is 4.18 Å². The van der Waals surface area contributed by atoms with Gasteiger partial charge in [0.1, 0.15) is 5.75 Å². The Labute approximate surface area is 133 Å². The molecule has 4 heteroatoms. The molecule has 0 fully saturated rings. The summed E-state index contributed by atoms with van der Waals surface area (Å²) in [7, 11) is -2.53. The standard InChI is InChI=1S/C18H15O2PS/c19-22(20-16-10-4-1-5-11-16)21(17-12-6-2-7-13-17)18-14-8-3-9-15-18/h1-15H. The Balaban J connectivity index is 1.94. The number of hydrogen-bond donors (Lipinski definition) is 0. The van der Waals surface area contributed by atoms with Gasteiger partial charge in [-0.1, -0.05) is 78.9 Å². The van der Waals surface area contributed by atoms with Gasteiger partial charge in [-0.25, -0.2) is 4.21 Å². The van der Waals surface area contributed by atoms with Gasteiger partial charge in [0.25, 0.3) is 0 Å². The van der Waals surface area contributed by atoms with Crippen LogP contribution < -0.4 is 14.8 Å². The molecule has 0 saturated heterocycles. The number of benzene rings is 3. The molecule has 2 nitrogen and oxygen atoms in total. The van der Waals surface area contributed by atoms with Crippen LogP contribution in [0.3, 0.4) is 0 Å². The van der Waals surface area contributed by atoms with E-state index in [1.807, 2.05) is 91.0 Å². The summed E-state index contributed by atoms with van der Waals surface area (Å²) >= 11 is 0. The fraction of sp³-hybridized carbons (Fsp3) is 0. The third-order valence-corrected chi connectivity index (χ3v) is 7.59. The van der Waals surface area contributed by atoms with Crippen molar-refractivity contribution in [2.24, 2.45) is 0 Å². The van der Waals surface area contributed by atoms with Crippen molar-refractivity contribution in [3.8, 4) is 5.75 Å². The zero-order valence-corrected chi connectivity index (χ0v) is 13.5. The van der Waals surface area contributed by atoms with E-state index in [0.717, 1.165) is 10.6 Å². The molecule has 0 saturated carbocycles. The molecule has 0 aliphatic heterocycles. The van der Waals surface area contributed by atoms with E-state index in [2.05, 4.69) is 0 Å². The molecule has 22 heavy (non-hydrogen) atoms. The van der Waals surface area contributed by atoms with Gasteiger partial charge in [0, 0.05) is 0 Å². The predicted molar refractivity (Wildman–Crippen MR) is 94.3 cm³/mol. The molecule has 0 heterocycles. The largest absolute Gasteiger partial charge is 0.397 e. The molecule has 0 aromatic heterocycles. The second-order valence-electron chi connectivity index (χ2n) is 4.58. The minimum absolute atomic E-state index is 0.625. The van der Waals surface area contributed by atoms with Gasteiger partial charge in [-0.05, 0) is 22.7 Å². The highest BCUT2D eigenvalue weighted by Gasteiger charge is 2.23. The first-order valence-corrected chi connectivity index (χ1v) is 9.92. The van der Waals surface area contributed by atoms with E-state index >= 15 is 0 Å². The first kappa shape index (κ1) is 15.0. The summed E-state index contributed by atoms with van der Waals surface area (Å²) in [6, 6.07) is 29.1. The molecular weight excluding hydrogens is 311 g/mol. The Morgan fingerprint density at radius 3 is 1.50 bits per heavy atom. The second-order valence-corrected chi connectivity index (χ2v) is 8.79. The zero-order chi connectivity index (χ0) is 15.2. The molecule has 1 unspecified atom stereocenters. The SMILES string of the molecule is O=S(Oc1ccccc1)P(c1ccccc1)c1ccccc1. The highest BCUT2D eigenvalue weighted by atomic mass is 32.8. The van der Waals surface area contributed by atoms with Gasteiger partial charge >= 0.3 is 0 Å². The smallest absolute Gasteiger partial charge is 0.236 e. The molecule has 0 radical (unpaired) electrons. The lowest BCUT2D eigenvalue weighted by atomic mass is 10.3. The topological polar surface area (TPSA) is 26.3 Å². The lowest BCUT2D eigenvalue weighted by Crippen LogP contribution is -2.17. The zero-order valence-electron chi connectivity index (χ0n) is 11.8. The average Bonchev–Trinajstić information content (AvgIpc) is 2.58. The van der Waals surface area contributed by atoms with Crippen molar-refractivity contribution in [1.82, 2.24) is 0 Å². The number of para-hydroxylation sites is 1. The van der Waals surface area contributed by atoms with Crippen LogP contribution in [0.25, 0.3) is 0 Å². The minimum Gasteiger partial charge on any atom is -0.397 e. The van der Waals surface area contributed by atoms with E-state index in [4.69, 9.17) is 4.18 Å². The molecule has 0 aliphatic rings. The predicted octanol–water partition coefficient (Wildman–Crippen LogP) is 3.78. The fourth-order valence-electron chi connectivity index (χ4n) is 2.04. The van der Waals surface area contributed by atoms with Crippen LogP contribution in [0, 0.1) is 0 Å². The Bertz CT molecular complexity index is 693. The van der Waals surface area contributed by atoms with Crippen molar-refractivity contribution in [1.29, 1.82) is 0 Å². The van der Waals surface area contributed by atoms with Gasteiger partial charge in [-0.3, -0.25) is 0 Å². The van der Waals surface area contributed by atoms with Crippen LogP contribution in [-0.4, -0.2) is 4.21 Å². The van der Waals surface area contributed by atoms with Crippen LogP contribution in [0.1, 0.15) is 0 Å². The van der Waals surface area contributed by atoms with Gasteiger partial charge in [0.05, 0.1) is 7.12 Å². The molecule has 0 spiro atoms. The van der Waals surface area contributed by atoms with Gasteiger partial charge in [-0.2, -0.15) is 0 Å². The summed E-state index contributed by atoms with van der Waals surface area (Å²) in [5.74, 6) is 0.625. The summed E-state index contributed by atoms with van der Waals surface area (Å²) < 4.78 is 18.5. The molecule has 3 aromatic carbocycles. The quantitative estimate of drug-likeness (QED) is 0.667. The van der Waals surface area contributed by atoms with Gasteiger partial charge in [0.15, 0.2) is 0 Å². The average molecular weight is 326 g/mol. The van der Waals surface area contributed by atoms with Crippen molar-refractivity contribution in [2.45, 2.75) is 0 Å². The maximum atomic E-state index is 12.8. The number of hydrogen-bond acceptors (Lipinski definition) is 2. The normalized spacial score (nSPS) is 12.0. The second kappa shape index (κ2) is 7.35. The highest BCUT2D eigenvalue weighted by Crippen LogP contribution is 2.39. The van der Waals surface area contributed by atoms with Crippen molar-refractivity contribution < 1.29 is 8.39 Å². The monoisotopic (exact) mass is 326 g/mol. The first-order chi connectivity index (χ1) is 10.8. The third-order valence-electron chi connectivity index (χ3n) is 3.04. The van der Waals surface area contributed by atoms with Crippen LogP contribution in [0.4, 0.5) is 0 Å². The van der Waals surface area contributed by atoms with Crippen molar-refractivity contribution >= 4 is 28.4 Å². The molecule has 0 bridgehead atoms. The fourth-order valence-corrected chi connectivity index (χ4v) is 6.17. The summed E-state index contributed by atoms with van der Waals surface area (Å²) in [5.41, 5.74) is 0. The molecule has 110 valence electrons.